The van der Waals surface area contributed by atoms with E-state index in [1.54, 1.807) is 16.7 Å². The highest BCUT2D eigenvalue weighted by atomic mass is 35.5. The lowest BCUT2D eigenvalue weighted by molar-refractivity contribution is -0.140. The minimum Gasteiger partial charge on any atom is -0.355 e. The Bertz CT molecular complexity index is 784. The molecule has 0 fully saturated rings. The van der Waals surface area contributed by atoms with Gasteiger partial charge in [0.1, 0.15) is 6.04 Å². The molecule has 2 amide bonds. The molecule has 0 spiro atoms. The Morgan fingerprint density at radius 3 is 2.40 bits per heavy atom. The lowest BCUT2D eigenvalue weighted by Crippen LogP contribution is -2.50. The zero-order valence-corrected chi connectivity index (χ0v) is 19.3. The quantitative estimate of drug-likeness (QED) is 0.360. The van der Waals surface area contributed by atoms with Crippen molar-refractivity contribution >= 4 is 35.2 Å². The van der Waals surface area contributed by atoms with Crippen LogP contribution in [0.25, 0.3) is 0 Å². The summed E-state index contributed by atoms with van der Waals surface area (Å²) >= 11 is 7.64. The van der Waals surface area contributed by atoms with E-state index >= 15 is 0 Å². The van der Waals surface area contributed by atoms with Gasteiger partial charge in [-0.3, -0.25) is 9.59 Å². The molecule has 0 aliphatic heterocycles. The van der Waals surface area contributed by atoms with E-state index in [4.69, 9.17) is 11.6 Å². The molecule has 162 valence electrons. The summed E-state index contributed by atoms with van der Waals surface area (Å²) in [6, 6.07) is 17.4. The third kappa shape index (κ3) is 8.04. The number of hydrogen-bond donors (Lipinski definition) is 1. The fourth-order valence-corrected chi connectivity index (χ4v) is 4.25. The number of amides is 2. The van der Waals surface area contributed by atoms with Crippen molar-refractivity contribution in [1.29, 1.82) is 0 Å². The molecule has 6 heteroatoms. The molecular formula is C24H31ClN2O2S. The van der Waals surface area contributed by atoms with Gasteiger partial charge in [-0.1, -0.05) is 48.9 Å². The van der Waals surface area contributed by atoms with Gasteiger partial charge in [-0.15, -0.1) is 11.8 Å². The van der Waals surface area contributed by atoms with Gasteiger partial charge >= 0.3 is 0 Å². The van der Waals surface area contributed by atoms with Crippen LogP contribution >= 0.6 is 23.4 Å². The minimum absolute atomic E-state index is 0.0424. The number of halogens is 1. The Balaban J connectivity index is 1.95. The number of nitrogens with zero attached hydrogens (tertiary/aromatic N) is 1. The van der Waals surface area contributed by atoms with Crippen LogP contribution in [0.15, 0.2) is 59.5 Å². The van der Waals surface area contributed by atoms with E-state index in [-0.39, 0.29) is 11.8 Å². The molecule has 2 aromatic carbocycles. The van der Waals surface area contributed by atoms with Crippen LogP contribution in [-0.4, -0.2) is 41.6 Å². The molecule has 0 aromatic heterocycles. The number of rotatable bonds is 12. The molecule has 2 rings (SSSR count). The Morgan fingerprint density at radius 2 is 1.77 bits per heavy atom. The van der Waals surface area contributed by atoms with Crippen LogP contribution in [0.4, 0.5) is 0 Å². The lowest BCUT2D eigenvalue weighted by Gasteiger charge is -2.30. The highest BCUT2D eigenvalue weighted by Crippen LogP contribution is 2.22. The fraction of sp³-hybridized carbons (Fsp3) is 0.417. The average molecular weight is 447 g/mol. The first-order chi connectivity index (χ1) is 14.5. The normalized spacial score (nSPS) is 11.7. The number of thioether (sulfide) groups is 1. The zero-order valence-electron chi connectivity index (χ0n) is 17.8. The van der Waals surface area contributed by atoms with Crippen LogP contribution in [0.5, 0.6) is 0 Å². The number of carbonyl (C=O) groups excluding carboxylic acids is 2. The van der Waals surface area contributed by atoms with Gasteiger partial charge in [0.15, 0.2) is 0 Å². The number of carbonyl (C=O) groups is 2. The first-order valence-electron chi connectivity index (χ1n) is 10.5. The van der Waals surface area contributed by atoms with E-state index in [1.807, 2.05) is 56.3 Å². The van der Waals surface area contributed by atoms with Crippen LogP contribution < -0.4 is 5.32 Å². The van der Waals surface area contributed by atoms with Crippen molar-refractivity contribution in [2.45, 2.75) is 50.5 Å². The molecule has 0 radical (unpaired) electrons. The number of benzene rings is 2. The van der Waals surface area contributed by atoms with Gasteiger partial charge in [-0.25, -0.2) is 0 Å². The standard InChI is InChI=1S/C24H31ClN2O2S/c1-3-22(24(29)26-4-2)27(17-16-19-9-6-5-7-10-19)23(28)11-8-18-30-21-14-12-20(25)13-15-21/h5-7,9-10,12-15,22H,3-4,8,11,16-18H2,1-2H3,(H,26,29)/t22-/m1/s1. The van der Waals surface area contributed by atoms with Gasteiger partial charge in [0.25, 0.3) is 0 Å². The second kappa shape index (κ2) is 13.3. The smallest absolute Gasteiger partial charge is 0.242 e. The van der Waals surface area contributed by atoms with Gasteiger partial charge in [0.05, 0.1) is 0 Å². The van der Waals surface area contributed by atoms with E-state index in [0.29, 0.717) is 25.9 Å². The summed E-state index contributed by atoms with van der Waals surface area (Å²) < 4.78 is 0. The van der Waals surface area contributed by atoms with E-state index in [9.17, 15) is 9.59 Å². The van der Waals surface area contributed by atoms with Crippen LogP contribution in [0.2, 0.25) is 5.02 Å². The molecule has 1 atom stereocenters. The number of nitrogens with one attached hydrogen (secondary N) is 1. The van der Waals surface area contributed by atoms with Crippen molar-refractivity contribution in [3.63, 3.8) is 0 Å². The van der Waals surface area contributed by atoms with E-state index in [0.717, 1.165) is 28.5 Å². The Kier molecular flexibility index (Phi) is 10.8. The predicted molar refractivity (Wildman–Crippen MR) is 126 cm³/mol. The summed E-state index contributed by atoms with van der Waals surface area (Å²) in [4.78, 5) is 28.5. The number of hydrogen-bond acceptors (Lipinski definition) is 3. The molecule has 2 aromatic rings. The first kappa shape index (κ1) is 24.3. The predicted octanol–water partition coefficient (Wildman–Crippen LogP) is 5.20. The molecule has 0 saturated heterocycles. The molecule has 0 saturated carbocycles. The summed E-state index contributed by atoms with van der Waals surface area (Å²) in [6.07, 6.45) is 2.54. The number of likely N-dealkylation sites (N-methyl/N-ethyl adjacent to an activating group) is 1. The Morgan fingerprint density at radius 1 is 1.07 bits per heavy atom. The molecule has 0 unspecified atom stereocenters. The van der Waals surface area contributed by atoms with Crippen LogP contribution in [-0.2, 0) is 16.0 Å². The average Bonchev–Trinajstić information content (AvgIpc) is 2.76. The third-order valence-corrected chi connectivity index (χ3v) is 6.19. The topological polar surface area (TPSA) is 49.4 Å². The van der Waals surface area contributed by atoms with Gasteiger partial charge in [0.2, 0.25) is 11.8 Å². The molecule has 4 nitrogen and oxygen atoms in total. The monoisotopic (exact) mass is 446 g/mol. The highest BCUT2D eigenvalue weighted by molar-refractivity contribution is 7.99. The highest BCUT2D eigenvalue weighted by Gasteiger charge is 2.27. The Labute approximate surface area is 189 Å². The zero-order chi connectivity index (χ0) is 21.8. The summed E-state index contributed by atoms with van der Waals surface area (Å²) in [6.45, 7) is 4.96. The molecule has 0 aliphatic carbocycles. The van der Waals surface area contributed by atoms with Crippen molar-refractivity contribution in [1.82, 2.24) is 10.2 Å². The molecule has 0 bridgehead atoms. The van der Waals surface area contributed by atoms with Gasteiger partial charge in [-0.2, -0.15) is 0 Å². The van der Waals surface area contributed by atoms with Crippen molar-refractivity contribution < 1.29 is 9.59 Å². The van der Waals surface area contributed by atoms with Crippen molar-refractivity contribution in [2.75, 3.05) is 18.8 Å². The molecule has 1 N–H and O–H groups in total. The maximum absolute atomic E-state index is 13.0. The second-order valence-electron chi connectivity index (χ2n) is 7.05. The van der Waals surface area contributed by atoms with Crippen LogP contribution in [0.3, 0.4) is 0 Å². The molecule has 30 heavy (non-hydrogen) atoms. The Hall–Kier alpha value is -1.98. The van der Waals surface area contributed by atoms with Gasteiger partial charge in [-0.05, 0) is 61.8 Å². The molecule has 0 heterocycles. The van der Waals surface area contributed by atoms with Crippen molar-refractivity contribution in [2.24, 2.45) is 0 Å². The SMILES string of the molecule is CCNC(=O)[C@@H](CC)N(CCc1ccccc1)C(=O)CCCSc1ccc(Cl)cc1. The van der Waals surface area contributed by atoms with Crippen LogP contribution in [0, 0.1) is 0 Å². The van der Waals surface area contributed by atoms with Gasteiger partial charge < -0.3 is 10.2 Å². The third-order valence-electron chi connectivity index (χ3n) is 4.84. The van der Waals surface area contributed by atoms with Crippen molar-refractivity contribution in [3.8, 4) is 0 Å². The fourth-order valence-electron chi connectivity index (χ4n) is 3.28. The second-order valence-corrected chi connectivity index (χ2v) is 8.65. The van der Waals surface area contributed by atoms with Crippen LogP contribution in [0.1, 0.15) is 38.7 Å². The van der Waals surface area contributed by atoms with E-state index in [2.05, 4.69) is 17.4 Å². The maximum Gasteiger partial charge on any atom is 0.242 e. The lowest BCUT2D eigenvalue weighted by atomic mass is 10.1. The van der Waals surface area contributed by atoms with Crippen molar-refractivity contribution in [3.05, 3.63) is 65.2 Å². The van der Waals surface area contributed by atoms with Gasteiger partial charge in [0, 0.05) is 29.4 Å². The summed E-state index contributed by atoms with van der Waals surface area (Å²) in [5, 5.41) is 3.60. The summed E-state index contributed by atoms with van der Waals surface area (Å²) in [7, 11) is 0. The first-order valence-corrected chi connectivity index (χ1v) is 11.9. The summed E-state index contributed by atoms with van der Waals surface area (Å²) in [5.41, 5.74) is 1.17. The maximum atomic E-state index is 13.0. The summed E-state index contributed by atoms with van der Waals surface area (Å²) in [5.74, 6) is 0.815. The largest absolute Gasteiger partial charge is 0.355 e. The molecular weight excluding hydrogens is 416 g/mol. The van der Waals surface area contributed by atoms with E-state index < -0.39 is 6.04 Å². The molecule has 0 aliphatic rings. The minimum atomic E-state index is -0.426. The van der Waals surface area contributed by atoms with E-state index in [1.165, 1.54) is 5.56 Å².